The number of aromatic nitrogens is 1. The van der Waals surface area contributed by atoms with E-state index in [1.54, 1.807) is 29.3 Å². The molecule has 0 spiro atoms. The number of pyridine rings is 1. The molecule has 0 N–H and O–H groups in total. The third-order valence-electron chi connectivity index (χ3n) is 8.16. The van der Waals surface area contributed by atoms with Gasteiger partial charge in [0, 0.05) is 46.9 Å². The van der Waals surface area contributed by atoms with E-state index in [2.05, 4.69) is 4.98 Å². The number of halogens is 2. The second-order valence-electron chi connectivity index (χ2n) is 10.5. The maximum atomic E-state index is 15.9. The van der Waals surface area contributed by atoms with Crippen LogP contribution < -0.4 is 0 Å². The number of alkyl halides is 2. The van der Waals surface area contributed by atoms with E-state index < -0.39 is 27.8 Å². The van der Waals surface area contributed by atoms with Crippen LogP contribution in [0.1, 0.15) is 82.1 Å². The summed E-state index contributed by atoms with van der Waals surface area (Å²) in [7, 11) is -1.04. The van der Waals surface area contributed by atoms with Crippen molar-refractivity contribution in [3.63, 3.8) is 0 Å². The monoisotopic (exact) mass is 512 g/mol. The zero-order chi connectivity index (χ0) is 24.3. The minimum absolute atomic E-state index is 0.0381. The van der Waals surface area contributed by atoms with Gasteiger partial charge in [-0.2, -0.15) is 0 Å². The van der Waals surface area contributed by atoms with Crippen LogP contribution in [-0.4, -0.2) is 66.8 Å². The van der Waals surface area contributed by atoms with Gasteiger partial charge in [-0.1, -0.05) is 6.07 Å². The van der Waals surface area contributed by atoms with Crippen molar-refractivity contribution in [2.45, 2.75) is 105 Å². The first-order valence-corrected chi connectivity index (χ1v) is 14.5. The molecule has 5 nitrogen and oxygen atoms in total. The standard InChI is InChI=1S/C26H38ClFN2O3S/c1-18(2)30(25(31)23-5-3-4-14-29-23)24-11-6-19(17-22(24)28)26(12-15-33-16-13-26)34(32)21-9-7-20(27)8-10-21/h3-5,14,18-22,24H,6-13,15-17H2,1-2H3. The molecule has 1 aromatic rings. The lowest BCUT2D eigenvalue weighted by molar-refractivity contribution is 0.00673. The van der Waals surface area contributed by atoms with Crippen molar-refractivity contribution in [1.29, 1.82) is 0 Å². The molecule has 3 aliphatic rings. The van der Waals surface area contributed by atoms with E-state index in [0.717, 1.165) is 44.9 Å². The quantitative estimate of drug-likeness (QED) is 0.486. The highest BCUT2D eigenvalue weighted by Crippen LogP contribution is 2.47. The first-order chi connectivity index (χ1) is 16.3. The van der Waals surface area contributed by atoms with Gasteiger partial charge in [-0.3, -0.25) is 14.0 Å². The first kappa shape index (κ1) is 26.0. The van der Waals surface area contributed by atoms with E-state index in [1.165, 1.54) is 0 Å². The van der Waals surface area contributed by atoms with E-state index in [9.17, 15) is 9.00 Å². The Kier molecular flexibility index (Phi) is 8.68. The second-order valence-corrected chi connectivity index (χ2v) is 13.2. The average Bonchev–Trinajstić information content (AvgIpc) is 2.86. The van der Waals surface area contributed by atoms with Crippen molar-refractivity contribution in [3.8, 4) is 0 Å². The van der Waals surface area contributed by atoms with Gasteiger partial charge in [-0.25, -0.2) is 4.39 Å². The van der Waals surface area contributed by atoms with Gasteiger partial charge in [0.15, 0.2) is 0 Å². The highest BCUT2D eigenvalue weighted by Gasteiger charge is 2.51. The average molecular weight is 513 g/mol. The highest BCUT2D eigenvalue weighted by molar-refractivity contribution is 7.87. The van der Waals surface area contributed by atoms with Gasteiger partial charge in [0.25, 0.3) is 5.91 Å². The summed E-state index contributed by atoms with van der Waals surface area (Å²) >= 11 is 6.31. The molecule has 1 aliphatic heterocycles. The van der Waals surface area contributed by atoms with Crippen molar-refractivity contribution in [3.05, 3.63) is 30.1 Å². The number of hydrogen-bond donors (Lipinski definition) is 0. The second kappa shape index (κ2) is 11.3. The lowest BCUT2D eigenvalue weighted by Gasteiger charge is -2.49. The Morgan fingerprint density at radius 1 is 1.18 bits per heavy atom. The molecule has 1 amide bonds. The minimum atomic E-state index is -1.15. The van der Waals surface area contributed by atoms with E-state index in [4.69, 9.17) is 16.3 Å². The van der Waals surface area contributed by atoms with Crippen LogP contribution in [0, 0.1) is 5.92 Å². The maximum absolute atomic E-state index is 15.9. The topological polar surface area (TPSA) is 59.5 Å². The summed E-state index contributed by atoms with van der Waals surface area (Å²) in [5.74, 6) is -0.180. The molecule has 34 heavy (non-hydrogen) atoms. The van der Waals surface area contributed by atoms with Crippen LogP contribution in [0.15, 0.2) is 24.4 Å². The molecule has 0 aromatic carbocycles. The number of ether oxygens (including phenoxy) is 1. The molecule has 4 rings (SSSR count). The molecule has 0 radical (unpaired) electrons. The van der Waals surface area contributed by atoms with Crippen LogP contribution >= 0.6 is 11.6 Å². The first-order valence-electron chi connectivity index (χ1n) is 12.8. The maximum Gasteiger partial charge on any atom is 0.273 e. The molecule has 0 bridgehead atoms. The predicted molar refractivity (Wildman–Crippen MR) is 134 cm³/mol. The summed E-state index contributed by atoms with van der Waals surface area (Å²) in [4.78, 5) is 19.1. The summed E-state index contributed by atoms with van der Waals surface area (Å²) in [6, 6.07) is 4.62. The minimum Gasteiger partial charge on any atom is -0.381 e. The van der Waals surface area contributed by atoms with Crippen molar-refractivity contribution >= 4 is 28.3 Å². The zero-order valence-corrected chi connectivity index (χ0v) is 21.9. The van der Waals surface area contributed by atoms with Gasteiger partial charge >= 0.3 is 0 Å². The smallest absolute Gasteiger partial charge is 0.273 e. The van der Waals surface area contributed by atoms with Crippen LogP contribution in [-0.2, 0) is 15.5 Å². The molecule has 190 valence electrons. The molecule has 4 atom stereocenters. The summed E-state index contributed by atoms with van der Waals surface area (Å²) in [6.45, 7) is 5.04. The Bertz CT molecular complexity index is 844. The lowest BCUT2D eigenvalue weighted by Crippen LogP contribution is -2.57. The molecular weight excluding hydrogens is 475 g/mol. The SMILES string of the molecule is CC(C)N(C(=O)c1ccccn1)C1CCC(C2(S(=O)C3CCC(Cl)CC3)CCOCC2)CC1F. The summed E-state index contributed by atoms with van der Waals surface area (Å²) in [6.07, 6.45) is 7.18. The molecule has 8 heteroatoms. The van der Waals surface area contributed by atoms with Crippen LogP contribution in [0.3, 0.4) is 0 Å². The van der Waals surface area contributed by atoms with Crippen LogP contribution in [0.2, 0.25) is 0 Å². The van der Waals surface area contributed by atoms with Crippen LogP contribution in [0.4, 0.5) is 4.39 Å². The summed E-state index contributed by atoms with van der Waals surface area (Å²) in [5.41, 5.74) is 0.349. The Hall–Kier alpha value is -1.05. The molecule has 1 aromatic heterocycles. The third kappa shape index (κ3) is 5.36. The Labute approximate surface area is 210 Å². The van der Waals surface area contributed by atoms with E-state index in [-0.39, 0.29) is 28.5 Å². The Balaban J connectivity index is 1.51. The Morgan fingerprint density at radius 3 is 2.47 bits per heavy atom. The number of hydrogen-bond acceptors (Lipinski definition) is 4. The normalized spacial score (nSPS) is 32.8. The largest absolute Gasteiger partial charge is 0.381 e. The fourth-order valence-corrected chi connectivity index (χ4v) is 9.07. The van der Waals surface area contributed by atoms with Crippen molar-refractivity contribution in [1.82, 2.24) is 9.88 Å². The van der Waals surface area contributed by atoms with Gasteiger partial charge < -0.3 is 9.64 Å². The fourth-order valence-electron chi connectivity index (χ4n) is 6.34. The van der Waals surface area contributed by atoms with Crippen LogP contribution in [0.5, 0.6) is 0 Å². The van der Waals surface area contributed by atoms with Gasteiger partial charge in [0.1, 0.15) is 11.9 Å². The van der Waals surface area contributed by atoms with E-state index in [1.807, 2.05) is 13.8 Å². The van der Waals surface area contributed by atoms with Crippen LogP contribution in [0.25, 0.3) is 0 Å². The zero-order valence-electron chi connectivity index (χ0n) is 20.3. The number of amides is 1. The molecule has 3 fully saturated rings. The molecule has 4 unspecified atom stereocenters. The van der Waals surface area contributed by atoms with Gasteiger partial charge in [0.2, 0.25) is 0 Å². The number of rotatable bonds is 6. The van der Waals surface area contributed by atoms with Gasteiger partial charge in [0.05, 0.1) is 10.8 Å². The molecule has 2 saturated carbocycles. The number of nitrogens with zero attached hydrogens (tertiary/aromatic N) is 2. The number of carbonyl (C=O) groups is 1. The third-order valence-corrected chi connectivity index (χ3v) is 11.2. The fraction of sp³-hybridized carbons (Fsp3) is 0.769. The van der Waals surface area contributed by atoms with Crippen molar-refractivity contribution < 1.29 is 18.1 Å². The highest BCUT2D eigenvalue weighted by atomic mass is 35.5. The summed E-state index contributed by atoms with van der Waals surface area (Å²) < 4.78 is 35.2. The lowest BCUT2D eigenvalue weighted by atomic mass is 9.73. The summed E-state index contributed by atoms with van der Waals surface area (Å²) in [5, 5.41) is 0.324. The predicted octanol–water partition coefficient (Wildman–Crippen LogP) is 5.29. The molecule has 1 saturated heterocycles. The molecule has 2 heterocycles. The van der Waals surface area contributed by atoms with Gasteiger partial charge in [-0.05, 0) is 89.7 Å². The van der Waals surface area contributed by atoms with E-state index in [0.29, 0.717) is 31.7 Å². The molecule has 2 aliphatic carbocycles. The Morgan fingerprint density at radius 2 is 1.88 bits per heavy atom. The molecular formula is C26H38ClFN2O3S. The number of carbonyl (C=O) groups excluding carboxylic acids is 1. The van der Waals surface area contributed by atoms with Gasteiger partial charge in [-0.15, -0.1) is 11.6 Å². The van der Waals surface area contributed by atoms with Crippen molar-refractivity contribution in [2.24, 2.45) is 5.92 Å². The van der Waals surface area contributed by atoms with Crippen molar-refractivity contribution in [2.75, 3.05) is 13.2 Å². The van der Waals surface area contributed by atoms with E-state index >= 15 is 4.39 Å².